The molecule has 0 saturated carbocycles. The summed E-state index contributed by atoms with van der Waals surface area (Å²) in [6.45, 7) is 10.1. The van der Waals surface area contributed by atoms with Crippen molar-refractivity contribution in [1.82, 2.24) is 10.6 Å². The van der Waals surface area contributed by atoms with E-state index in [1.807, 2.05) is 12.1 Å². The van der Waals surface area contributed by atoms with Gasteiger partial charge in [0, 0.05) is 19.1 Å². The second kappa shape index (κ2) is 9.18. The van der Waals surface area contributed by atoms with Gasteiger partial charge in [-0.15, -0.1) is 0 Å². The van der Waals surface area contributed by atoms with Crippen molar-refractivity contribution >= 4 is 5.96 Å². The third-order valence-electron chi connectivity index (χ3n) is 3.62. The monoisotopic (exact) mass is 307 g/mol. The van der Waals surface area contributed by atoms with Crippen LogP contribution in [0, 0.1) is 5.92 Å². The van der Waals surface area contributed by atoms with Crippen molar-refractivity contribution < 1.29 is 9.84 Å². The zero-order valence-corrected chi connectivity index (χ0v) is 14.3. The van der Waals surface area contributed by atoms with E-state index in [1.165, 1.54) is 0 Å². The second-order valence-electron chi connectivity index (χ2n) is 5.69. The van der Waals surface area contributed by atoms with Gasteiger partial charge in [-0.1, -0.05) is 19.9 Å². The van der Waals surface area contributed by atoms with E-state index in [0.29, 0.717) is 24.3 Å². The molecule has 0 aliphatic rings. The lowest BCUT2D eigenvalue weighted by molar-refractivity contribution is 0.373. The summed E-state index contributed by atoms with van der Waals surface area (Å²) in [5, 5.41) is 16.3. The van der Waals surface area contributed by atoms with Crippen molar-refractivity contribution in [3.8, 4) is 11.5 Å². The second-order valence-corrected chi connectivity index (χ2v) is 5.69. The van der Waals surface area contributed by atoms with Crippen LogP contribution in [-0.2, 0) is 6.42 Å². The zero-order chi connectivity index (χ0) is 16.5. The summed E-state index contributed by atoms with van der Waals surface area (Å²) in [6, 6.07) is 5.76. The van der Waals surface area contributed by atoms with Gasteiger partial charge >= 0.3 is 0 Å². The molecule has 0 heterocycles. The summed E-state index contributed by atoms with van der Waals surface area (Å²) in [7, 11) is 1.55. The first kappa shape index (κ1) is 18.1. The number of hydrogen-bond donors (Lipinski definition) is 3. The Bertz CT molecular complexity index is 487. The van der Waals surface area contributed by atoms with Crippen molar-refractivity contribution in [3.05, 3.63) is 23.8 Å². The van der Waals surface area contributed by atoms with E-state index < -0.39 is 0 Å². The van der Waals surface area contributed by atoms with Crippen molar-refractivity contribution in [3.63, 3.8) is 0 Å². The van der Waals surface area contributed by atoms with Crippen LogP contribution in [0.1, 0.15) is 33.3 Å². The summed E-state index contributed by atoms with van der Waals surface area (Å²) in [6.07, 6.45) is 0.795. The fourth-order valence-electron chi connectivity index (χ4n) is 1.88. The number of nitrogens with zero attached hydrogens (tertiary/aromatic N) is 1. The molecule has 3 N–H and O–H groups in total. The van der Waals surface area contributed by atoms with Crippen LogP contribution in [0.4, 0.5) is 0 Å². The number of phenolic OH excluding ortho intramolecular Hbond substituents is 1. The Balaban J connectivity index is 2.63. The molecular weight excluding hydrogens is 278 g/mol. The quantitative estimate of drug-likeness (QED) is 0.535. The minimum absolute atomic E-state index is 0.163. The third kappa shape index (κ3) is 5.84. The summed E-state index contributed by atoms with van der Waals surface area (Å²) in [5.74, 6) is 2.05. The van der Waals surface area contributed by atoms with Crippen LogP contribution >= 0.6 is 0 Å². The van der Waals surface area contributed by atoms with Gasteiger partial charge in [-0.3, -0.25) is 4.99 Å². The Kier molecular flexibility index (Phi) is 7.57. The number of aliphatic imine (C=N–C) groups is 1. The third-order valence-corrected chi connectivity index (χ3v) is 3.62. The number of hydrogen-bond acceptors (Lipinski definition) is 3. The molecule has 0 saturated heterocycles. The molecule has 1 atom stereocenters. The highest BCUT2D eigenvalue weighted by Crippen LogP contribution is 2.26. The molecule has 5 nitrogen and oxygen atoms in total. The Hall–Kier alpha value is -1.91. The maximum Gasteiger partial charge on any atom is 0.191 e. The molecule has 0 spiro atoms. The summed E-state index contributed by atoms with van der Waals surface area (Å²) < 4.78 is 5.12. The van der Waals surface area contributed by atoms with Gasteiger partial charge < -0.3 is 20.5 Å². The molecule has 1 aromatic carbocycles. The van der Waals surface area contributed by atoms with E-state index in [1.54, 1.807) is 13.2 Å². The average Bonchev–Trinajstić information content (AvgIpc) is 2.48. The Labute approximate surface area is 133 Å². The standard InChI is InChI=1S/C17H29N3O2/c1-6-18-17(20-13(4)12(2)3)19-10-9-14-7-8-15(21)16(11-14)22-5/h7-8,11-13,21H,6,9-10H2,1-5H3,(H2,18,19,20). The number of methoxy groups -OCH3 is 1. The normalized spacial score (nSPS) is 13.1. The lowest BCUT2D eigenvalue weighted by Gasteiger charge is -2.20. The van der Waals surface area contributed by atoms with E-state index in [-0.39, 0.29) is 5.75 Å². The van der Waals surface area contributed by atoms with Crippen molar-refractivity contribution in [1.29, 1.82) is 0 Å². The number of nitrogens with one attached hydrogen (secondary N) is 2. The Morgan fingerprint density at radius 1 is 1.32 bits per heavy atom. The van der Waals surface area contributed by atoms with Gasteiger partial charge in [0.25, 0.3) is 0 Å². The maximum absolute atomic E-state index is 9.60. The molecule has 124 valence electrons. The highest BCUT2D eigenvalue weighted by molar-refractivity contribution is 5.80. The average molecular weight is 307 g/mol. The summed E-state index contributed by atoms with van der Waals surface area (Å²) in [5.41, 5.74) is 1.09. The maximum atomic E-state index is 9.60. The largest absolute Gasteiger partial charge is 0.504 e. The van der Waals surface area contributed by atoms with Gasteiger partial charge in [0.2, 0.25) is 0 Å². The van der Waals surface area contributed by atoms with E-state index in [0.717, 1.165) is 24.5 Å². The number of aromatic hydroxyl groups is 1. The first-order valence-corrected chi connectivity index (χ1v) is 7.88. The van der Waals surface area contributed by atoms with Crippen molar-refractivity contribution in [2.24, 2.45) is 10.9 Å². The molecule has 0 amide bonds. The van der Waals surface area contributed by atoms with E-state index in [2.05, 4.69) is 43.3 Å². The Morgan fingerprint density at radius 3 is 2.64 bits per heavy atom. The number of ether oxygens (including phenoxy) is 1. The van der Waals surface area contributed by atoms with Crippen LogP contribution in [0.25, 0.3) is 0 Å². The topological polar surface area (TPSA) is 65.9 Å². The molecule has 1 unspecified atom stereocenters. The smallest absolute Gasteiger partial charge is 0.191 e. The van der Waals surface area contributed by atoms with Gasteiger partial charge in [-0.25, -0.2) is 0 Å². The van der Waals surface area contributed by atoms with E-state index in [4.69, 9.17) is 4.74 Å². The SMILES string of the molecule is CCNC(=NCCc1ccc(O)c(OC)c1)NC(C)C(C)C. The van der Waals surface area contributed by atoms with E-state index in [9.17, 15) is 5.11 Å². The van der Waals surface area contributed by atoms with E-state index >= 15 is 0 Å². The molecule has 0 bridgehead atoms. The predicted octanol–water partition coefficient (Wildman–Crippen LogP) is 2.54. The van der Waals surface area contributed by atoms with Gasteiger partial charge in [0.05, 0.1) is 7.11 Å². The van der Waals surface area contributed by atoms with Crippen molar-refractivity contribution in [2.45, 2.75) is 40.2 Å². The molecule has 1 aromatic rings. The number of benzene rings is 1. The minimum atomic E-state index is 0.163. The molecule has 5 heteroatoms. The summed E-state index contributed by atoms with van der Waals surface area (Å²) >= 11 is 0. The highest BCUT2D eigenvalue weighted by Gasteiger charge is 2.08. The number of guanidine groups is 1. The van der Waals surface area contributed by atoms with Crippen LogP contribution in [0.2, 0.25) is 0 Å². The highest BCUT2D eigenvalue weighted by atomic mass is 16.5. The van der Waals surface area contributed by atoms with Gasteiger partial charge in [-0.05, 0) is 43.9 Å². The molecule has 0 fully saturated rings. The van der Waals surface area contributed by atoms with Crippen LogP contribution in [0.15, 0.2) is 23.2 Å². The number of phenols is 1. The molecule has 0 aliphatic heterocycles. The van der Waals surface area contributed by atoms with Gasteiger partial charge in [-0.2, -0.15) is 0 Å². The van der Waals surface area contributed by atoms with Crippen LogP contribution in [-0.4, -0.2) is 37.3 Å². The van der Waals surface area contributed by atoms with Gasteiger partial charge in [0.15, 0.2) is 17.5 Å². The van der Waals surface area contributed by atoms with Crippen molar-refractivity contribution in [2.75, 3.05) is 20.2 Å². The summed E-state index contributed by atoms with van der Waals surface area (Å²) in [4.78, 5) is 4.60. The van der Waals surface area contributed by atoms with Crippen LogP contribution in [0.5, 0.6) is 11.5 Å². The van der Waals surface area contributed by atoms with Gasteiger partial charge in [0.1, 0.15) is 0 Å². The molecular formula is C17H29N3O2. The molecule has 0 radical (unpaired) electrons. The minimum Gasteiger partial charge on any atom is -0.504 e. The molecule has 22 heavy (non-hydrogen) atoms. The fraction of sp³-hybridized carbons (Fsp3) is 0.588. The zero-order valence-electron chi connectivity index (χ0n) is 14.3. The first-order chi connectivity index (χ1) is 10.5. The molecule has 0 aliphatic carbocycles. The first-order valence-electron chi connectivity index (χ1n) is 7.88. The predicted molar refractivity (Wildman–Crippen MR) is 91.8 cm³/mol. The molecule has 0 aromatic heterocycles. The lowest BCUT2D eigenvalue weighted by atomic mass is 10.1. The Morgan fingerprint density at radius 2 is 2.05 bits per heavy atom. The molecule has 1 rings (SSSR count). The van der Waals surface area contributed by atoms with Crippen LogP contribution in [0.3, 0.4) is 0 Å². The van der Waals surface area contributed by atoms with Crippen LogP contribution < -0.4 is 15.4 Å². The fourth-order valence-corrected chi connectivity index (χ4v) is 1.88. The number of rotatable bonds is 7. The lowest BCUT2D eigenvalue weighted by Crippen LogP contribution is -2.44.